The molecule has 4 heteroatoms. The van der Waals surface area contributed by atoms with Gasteiger partial charge in [-0.3, -0.25) is 0 Å². The van der Waals surface area contributed by atoms with Crippen LogP contribution in [0, 0.1) is 0 Å². The van der Waals surface area contributed by atoms with Crippen molar-refractivity contribution in [2.24, 2.45) is 0 Å². The molecular formula is C15H16N2O2. The molecule has 19 heavy (non-hydrogen) atoms. The van der Waals surface area contributed by atoms with Gasteiger partial charge < -0.3 is 9.64 Å². The quantitative estimate of drug-likeness (QED) is 0.788. The second-order valence-electron chi connectivity index (χ2n) is 4.23. The first-order valence-electron chi connectivity index (χ1n) is 6.00. The van der Waals surface area contributed by atoms with Gasteiger partial charge in [0.05, 0.1) is 12.7 Å². The van der Waals surface area contributed by atoms with E-state index in [9.17, 15) is 4.79 Å². The number of methoxy groups -OCH3 is 1. The van der Waals surface area contributed by atoms with Crippen LogP contribution in [-0.4, -0.2) is 25.1 Å². The predicted molar refractivity (Wildman–Crippen MR) is 74.1 cm³/mol. The van der Waals surface area contributed by atoms with Crippen LogP contribution in [-0.2, 0) is 11.3 Å². The zero-order valence-corrected chi connectivity index (χ0v) is 11.0. The summed E-state index contributed by atoms with van der Waals surface area (Å²) in [7, 11) is 3.36. The average Bonchev–Trinajstić information content (AvgIpc) is 2.48. The highest BCUT2D eigenvalue weighted by atomic mass is 16.5. The number of pyridine rings is 1. The Hall–Kier alpha value is -2.36. The molecule has 4 nitrogen and oxygen atoms in total. The van der Waals surface area contributed by atoms with Gasteiger partial charge in [0.15, 0.2) is 0 Å². The maximum absolute atomic E-state index is 11.3. The summed E-state index contributed by atoms with van der Waals surface area (Å²) >= 11 is 0. The summed E-state index contributed by atoms with van der Waals surface area (Å²) in [6.45, 7) is 0.735. The van der Waals surface area contributed by atoms with Crippen molar-refractivity contribution in [1.82, 2.24) is 4.98 Å². The lowest BCUT2D eigenvalue weighted by Crippen LogP contribution is -2.17. The third kappa shape index (κ3) is 3.31. The Kier molecular flexibility index (Phi) is 4.13. The number of hydrogen-bond donors (Lipinski definition) is 0. The Morgan fingerprint density at radius 3 is 2.53 bits per heavy atom. The summed E-state index contributed by atoms with van der Waals surface area (Å²) in [6, 6.07) is 13.2. The molecule has 0 aliphatic heterocycles. The lowest BCUT2D eigenvalue weighted by Gasteiger charge is -2.18. The SMILES string of the molecule is COC(=O)c1ccc(CN(C)c2ccccn2)cc1. The van der Waals surface area contributed by atoms with Crippen molar-refractivity contribution in [3.8, 4) is 0 Å². The second kappa shape index (κ2) is 6.00. The molecular weight excluding hydrogens is 240 g/mol. The average molecular weight is 256 g/mol. The van der Waals surface area contributed by atoms with E-state index in [-0.39, 0.29) is 5.97 Å². The number of esters is 1. The van der Waals surface area contributed by atoms with Crippen LogP contribution >= 0.6 is 0 Å². The zero-order valence-electron chi connectivity index (χ0n) is 11.0. The molecule has 1 heterocycles. The van der Waals surface area contributed by atoms with Crippen molar-refractivity contribution >= 4 is 11.8 Å². The van der Waals surface area contributed by atoms with Gasteiger partial charge >= 0.3 is 5.97 Å². The second-order valence-corrected chi connectivity index (χ2v) is 4.23. The first-order chi connectivity index (χ1) is 9.20. The number of ether oxygens (including phenoxy) is 1. The van der Waals surface area contributed by atoms with Crippen molar-refractivity contribution in [3.05, 3.63) is 59.8 Å². The van der Waals surface area contributed by atoms with E-state index in [0.717, 1.165) is 17.9 Å². The van der Waals surface area contributed by atoms with Gasteiger partial charge in [-0.15, -0.1) is 0 Å². The smallest absolute Gasteiger partial charge is 0.337 e. The Morgan fingerprint density at radius 1 is 1.21 bits per heavy atom. The van der Waals surface area contributed by atoms with Crippen LogP contribution in [0.25, 0.3) is 0 Å². The van der Waals surface area contributed by atoms with Gasteiger partial charge in [0.2, 0.25) is 0 Å². The summed E-state index contributed by atoms with van der Waals surface area (Å²) in [4.78, 5) is 17.7. The molecule has 0 atom stereocenters. The molecule has 0 aliphatic rings. The van der Waals surface area contributed by atoms with Crippen molar-refractivity contribution in [2.45, 2.75) is 6.54 Å². The highest BCUT2D eigenvalue weighted by Gasteiger charge is 2.06. The zero-order chi connectivity index (χ0) is 13.7. The molecule has 0 saturated heterocycles. The number of nitrogens with zero attached hydrogens (tertiary/aromatic N) is 2. The van der Waals surface area contributed by atoms with Crippen molar-refractivity contribution in [2.75, 3.05) is 19.1 Å². The fourth-order valence-electron chi connectivity index (χ4n) is 1.80. The number of aromatic nitrogens is 1. The van der Waals surface area contributed by atoms with Gasteiger partial charge in [-0.2, -0.15) is 0 Å². The highest BCUT2D eigenvalue weighted by Crippen LogP contribution is 2.12. The molecule has 0 amide bonds. The molecule has 1 aromatic carbocycles. The molecule has 0 aliphatic carbocycles. The summed E-state index contributed by atoms with van der Waals surface area (Å²) in [5.41, 5.74) is 1.67. The van der Waals surface area contributed by atoms with Crippen LogP contribution in [0.1, 0.15) is 15.9 Å². The van der Waals surface area contributed by atoms with Gasteiger partial charge in [0.1, 0.15) is 5.82 Å². The van der Waals surface area contributed by atoms with Gasteiger partial charge in [-0.1, -0.05) is 18.2 Å². The molecule has 2 rings (SSSR count). The van der Waals surface area contributed by atoms with Crippen LogP contribution in [0.2, 0.25) is 0 Å². The minimum Gasteiger partial charge on any atom is -0.465 e. The molecule has 0 radical (unpaired) electrons. The topological polar surface area (TPSA) is 42.4 Å². The first-order valence-corrected chi connectivity index (χ1v) is 6.00. The van der Waals surface area contributed by atoms with Gasteiger partial charge in [-0.25, -0.2) is 9.78 Å². The van der Waals surface area contributed by atoms with Crippen LogP contribution in [0.5, 0.6) is 0 Å². The van der Waals surface area contributed by atoms with E-state index in [4.69, 9.17) is 0 Å². The Labute approximate surface area is 112 Å². The molecule has 0 bridgehead atoms. The first kappa shape index (κ1) is 13.1. The summed E-state index contributed by atoms with van der Waals surface area (Å²) < 4.78 is 4.67. The van der Waals surface area contributed by atoms with Crippen LogP contribution in [0.4, 0.5) is 5.82 Å². The van der Waals surface area contributed by atoms with Crippen LogP contribution in [0.3, 0.4) is 0 Å². The summed E-state index contributed by atoms with van der Waals surface area (Å²) in [5.74, 6) is 0.601. The number of rotatable bonds is 4. The van der Waals surface area contributed by atoms with E-state index < -0.39 is 0 Å². The van der Waals surface area contributed by atoms with Crippen molar-refractivity contribution in [1.29, 1.82) is 0 Å². The number of benzene rings is 1. The predicted octanol–water partition coefficient (Wildman–Crippen LogP) is 2.50. The Bertz CT molecular complexity index is 538. The third-order valence-corrected chi connectivity index (χ3v) is 2.84. The number of carbonyl (C=O) groups excluding carboxylic acids is 1. The molecule has 0 saturated carbocycles. The molecule has 2 aromatic rings. The minimum absolute atomic E-state index is 0.315. The number of anilines is 1. The maximum atomic E-state index is 11.3. The van der Waals surface area contributed by atoms with Crippen LogP contribution in [0.15, 0.2) is 48.7 Å². The van der Waals surface area contributed by atoms with Crippen molar-refractivity contribution < 1.29 is 9.53 Å². The van der Waals surface area contributed by atoms with Gasteiger partial charge in [-0.05, 0) is 29.8 Å². The third-order valence-electron chi connectivity index (χ3n) is 2.84. The van der Waals surface area contributed by atoms with Crippen LogP contribution < -0.4 is 4.90 Å². The standard InChI is InChI=1S/C15H16N2O2/c1-17(14-5-3-4-10-16-14)11-12-6-8-13(9-7-12)15(18)19-2/h3-10H,11H2,1-2H3. The van der Waals surface area contributed by atoms with E-state index in [1.165, 1.54) is 7.11 Å². The molecule has 0 unspecified atom stereocenters. The van der Waals surface area contributed by atoms with E-state index in [1.54, 1.807) is 18.3 Å². The van der Waals surface area contributed by atoms with E-state index in [1.807, 2.05) is 42.3 Å². The maximum Gasteiger partial charge on any atom is 0.337 e. The fraction of sp³-hybridized carbons (Fsp3) is 0.200. The fourth-order valence-corrected chi connectivity index (χ4v) is 1.80. The molecule has 0 N–H and O–H groups in total. The Balaban J connectivity index is 2.06. The molecule has 98 valence electrons. The van der Waals surface area contributed by atoms with Gasteiger partial charge in [0.25, 0.3) is 0 Å². The summed E-state index contributed by atoms with van der Waals surface area (Å²) in [6.07, 6.45) is 1.77. The highest BCUT2D eigenvalue weighted by molar-refractivity contribution is 5.89. The summed E-state index contributed by atoms with van der Waals surface area (Å²) in [5, 5.41) is 0. The van der Waals surface area contributed by atoms with E-state index in [2.05, 4.69) is 9.72 Å². The molecule has 0 fully saturated rings. The number of hydrogen-bond acceptors (Lipinski definition) is 4. The lowest BCUT2D eigenvalue weighted by atomic mass is 10.1. The van der Waals surface area contributed by atoms with Gasteiger partial charge in [0, 0.05) is 19.8 Å². The monoisotopic (exact) mass is 256 g/mol. The van der Waals surface area contributed by atoms with Crippen molar-refractivity contribution in [3.63, 3.8) is 0 Å². The minimum atomic E-state index is -0.315. The Morgan fingerprint density at radius 2 is 1.95 bits per heavy atom. The van der Waals surface area contributed by atoms with E-state index in [0.29, 0.717) is 5.56 Å². The normalized spacial score (nSPS) is 10.0. The molecule has 1 aromatic heterocycles. The molecule has 0 spiro atoms. The largest absolute Gasteiger partial charge is 0.465 e. The van der Waals surface area contributed by atoms with E-state index >= 15 is 0 Å². The number of carbonyl (C=O) groups is 1. The lowest BCUT2D eigenvalue weighted by molar-refractivity contribution is 0.0600.